The minimum Gasteiger partial charge on any atom is -0.396 e. The van der Waals surface area contributed by atoms with E-state index in [1.165, 1.54) is 57.8 Å². The highest BCUT2D eigenvalue weighted by atomic mass is 16.7. The summed E-state index contributed by atoms with van der Waals surface area (Å²) in [5, 5.41) is 8.73. The number of allylic oxidation sites excluding steroid dienone is 1. The summed E-state index contributed by atoms with van der Waals surface area (Å²) in [6.45, 7) is 6.40. The van der Waals surface area contributed by atoms with Gasteiger partial charge in [0.25, 0.3) is 0 Å². The molecule has 0 aromatic heterocycles. The van der Waals surface area contributed by atoms with E-state index in [0.717, 1.165) is 45.3 Å². The highest BCUT2D eigenvalue weighted by Gasteiger charge is 2.09. The standard InChI is InChI=1S/C22H44O3/c1-3-5-7-16-20-24-22(25-21-17-8-6-4-2)18-14-12-10-9-11-13-15-19-23/h11,13,22-23H,3-10,12,14-21H2,1-2H3/b13-11-. The molecule has 0 aliphatic heterocycles. The Morgan fingerprint density at radius 3 is 1.80 bits per heavy atom. The number of unbranched alkanes of at least 4 members (excludes halogenated alkanes) is 9. The first kappa shape index (κ1) is 24.6. The van der Waals surface area contributed by atoms with Crippen LogP contribution >= 0.6 is 0 Å². The first-order valence-electron chi connectivity index (χ1n) is 10.8. The lowest BCUT2D eigenvalue weighted by Gasteiger charge is -2.19. The lowest BCUT2D eigenvalue weighted by molar-refractivity contribution is -0.148. The van der Waals surface area contributed by atoms with E-state index in [4.69, 9.17) is 14.6 Å². The molecule has 0 spiro atoms. The highest BCUT2D eigenvalue weighted by Crippen LogP contribution is 2.12. The maximum Gasteiger partial charge on any atom is 0.157 e. The predicted molar refractivity (Wildman–Crippen MR) is 108 cm³/mol. The van der Waals surface area contributed by atoms with Crippen molar-refractivity contribution in [1.82, 2.24) is 0 Å². The molecule has 0 aliphatic rings. The average Bonchev–Trinajstić information content (AvgIpc) is 2.62. The Morgan fingerprint density at radius 1 is 0.680 bits per heavy atom. The average molecular weight is 357 g/mol. The first-order valence-corrected chi connectivity index (χ1v) is 10.8. The van der Waals surface area contributed by atoms with E-state index in [2.05, 4.69) is 26.0 Å². The fourth-order valence-electron chi connectivity index (χ4n) is 2.76. The molecule has 0 heterocycles. The third kappa shape index (κ3) is 19.8. The molecule has 3 heteroatoms. The summed E-state index contributed by atoms with van der Waals surface area (Å²) in [6, 6.07) is 0. The van der Waals surface area contributed by atoms with Gasteiger partial charge in [-0.05, 0) is 44.9 Å². The van der Waals surface area contributed by atoms with Crippen LogP contribution in [0.4, 0.5) is 0 Å². The van der Waals surface area contributed by atoms with Crippen molar-refractivity contribution < 1.29 is 14.6 Å². The number of hydrogen-bond donors (Lipinski definition) is 1. The fraction of sp³-hybridized carbons (Fsp3) is 0.909. The molecule has 150 valence electrons. The molecule has 0 bridgehead atoms. The molecule has 0 aliphatic carbocycles. The minimum absolute atomic E-state index is 0.00631. The van der Waals surface area contributed by atoms with E-state index in [-0.39, 0.29) is 12.9 Å². The van der Waals surface area contributed by atoms with Crippen molar-refractivity contribution in [2.24, 2.45) is 0 Å². The molecule has 0 rings (SSSR count). The molecule has 0 saturated carbocycles. The summed E-state index contributed by atoms with van der Waals surface area (Å²) in [7, 11) is 0. The van der Waals surface area contributed by atoms with Crippen molar-refractivity contribution in [2.45, 2.75) is 110 Å². The van der Waals surface area contributed by atoms with E-state index in [1.54, 1.807) is 0 Å². The highest BCUT2D eigenvalue weighted by molar-refractivity contribution is 4.80. The molecular formula is C22H44O3. The van der Waals surface area contributed by atoms with E-state index < -0.39 is 0 Å². The molecule has 25 heavy (non-hydrogen) atoms. The maximum atomic E-state index is 8.73. The van der Waals surface area contributed by atoms with Gasteiger partial charge in [-0.25, -0.2) is 0 Å². The summed E-state index contributed by atoms with van der Waals surface area (Å²) >= 11 is 0. The van der Waals surface area contributed by atoms with Crippen LogP contribution in [-0.2, 0) is 9.47 Å². The molecule has 3 nitrogen and oxygen atoms in total. The Kier molecular flexibility index (Phi) is 21.3. The first-order chi connectivity index (χ1) is 12.3. The Labute approximate surface area is 157 Å². The van der Waals surface area contributed by atoms with Gasteiger partial charge in [0.2, 0.25) is 0 Å². The molecular weight excluding hydrogens is 312 g/mol. The van der Waals surface area contributed by atoms with Crippen LogP contribution in [0.5, 0.6) is 0 Å². The van der Waals surface area contributed by atoms with Gasteiger partial charge in [-0.15, -0.1) is 0 Å². The maximum absolute atomic E-state index is 8.73. The number of aliphatic hydroxyl groups is 1. The SMILES string of the molecule is CCCCCCOC(CCCCC/C=C\CCO)OCCCCCC. The van der Waals surface area contributed by atoms with E-state index in [0.29, 0.717) is 0 Å². The Morgan fingerprint density at radius 2 is 1.24 bits per heavy atom. The largest absolute Gasteiger partial charge is 0.396 e. The lowest BCUT2D eigenvalue weighted by atomic mass is 10.1. The number of aliphatic hydroxyl groups excluding tert-OH is 1. The second-order valence-corrected chi connectivity index (χ2v) is 6.91. The van der Waals surface area contributed by atoms with Crippen molar-refractivity contribution in [3.63, 3.8) is 0 Å². The van der Waals surface area contributed by atoms with Crippen LogP contribution in [0.1, 0.15) is 104 Å². The van der Waals surface area contributed by atoms with Gasteiger partial charge in [-0.2, -0.15) is 0 Å². The molecule has 0 aromatic carbocycles. The van der Waals surface area contributed by atoms with Crippen LogP contribution in [-0.4, -0.2) is 31.2 Å². The van der Waals surface area contributed by atoms with Crippen LogP contribution < -0.4 is 0 Å². The third-order valence-electron chi connectivity index (χ3n) is 4.38. The zero-order chi connectivity index (χ0) is 18.4. The van der Waals surface area contributed by atoms with Gasteiger partial charge in [0.15, 0.2) is 6.29 Å². The molecule has 1 N–H and O–H groups in total. The zero-order valence-electron chi connectivity index (χ0n) is 17.0. The molecule has 0 atom stereocenters. The minimum atomic E-state index is -0.00631. The summed E-state index contributed by atoms with van der Waals surface area (Å²) in [6.07, 6.45) is 20.7. The predicted octanol–water partition coefficient (Wildman–Crippen LogP) is 6.40. The summed E-state index contributed by atoms with van der Waals surface area (Å²) in [5.74, 6) is 0. The molecule has 0 amide bonds. The van der Waals surface area contributed by atoms with Gasteiger partial charge < -0.3 is 14.6 Å². The van der Waals surface area contributed by atoms with Gasteiger partial charge in [-0.3, -0.25) is 0 Å². The quantitative estimate of drug-likeness (QED) is 0.156. The van der Waals surface area contributed by atoms with Crippen LogP contribution in [0.15, 0.2) is 12.2 Å². The molecule has 0 unspecified atom stereocenters. The van der Waals surface area contributed by atoms with Gasteiger partial charge >= 0.3 is 0 Å². The summed E-state index contributed by atoms with van der Waals surface area (Å²) in [5.41, 5.74) is 0. The van der Waals surface area contributed by atoms with E-state index in [9.17, 15) is 0 Å². The van der Waals surface area contributed by atoms with Crippen LogP contribution in [0.3, 0.4) is 0 Å². The number of ether oxygens (including phenoxy) is 2. The fourth-order valence-corrected chi connectivity index (χ4v) is 2.76. The van der Waals surface area contributed by atoms with Gasteiger partial charge in [0.1, 0.15) is 0 Å². The zero-order valence-corrected chi connectivity index (χ0v) is 17.0. The van der Waals surface area contributed by atoms with E-state index in [1.807, 2.05) is 0 Å². The lowest BCUT2D eigenvalue weighted by Crippen LogP contribution is -2.19. The third-order valence-corrected chi connectivity index (χ3v) is 4.38. The second kappa shape index (κ2) is 21.7. The van der Waals surface area contributed by atoms with Crippen molar-refractivity contribution in [3.8, 4) is 0 Å². The Balaban J connectivity index is 3.78. The normalized spacial score (nSPS) is 11.8. The van der Waals surface area contributed by atoms with Gasteiger partial charge in [-0.1, -0.05) is 70.9 Å². The Bertz CT molecular complexity index is 252. The van der Waals surface area contributed by atoms with Crippen molar-refractivity contribution >= 4 is 0 Å². The smallest absolute Gasteiger partial charge is 0.157 e. The topological polar surface area (TPSA) is 38.7 Å². The molecule has 0 fully saturated rings. The second-order valence-electron chi connectivity index (χ2n) is 6.91. The van der Waals surface area contributed by atoms with Crippen LogP contribution in [0.25, 0.3) is 0 Å². The monoisotopic (exact) mass is 356 g/mol. The molecule has 0 saturated heterocycles. The van der Waals surface area contributed by atoms with Gasteiger partial charge in [0, 0.05) is 19.8 Å². The number of hydrogen-bond acceptors (Lipinski definition) is 3. The Hall–Kier alpha value is -0.380. The summed E-state index contributed by atoms with van der Waals surface area (Å²) < 4.78 is 12.0. The number of rotatable bonds is 20. The van der Waals surface area contributed by atoms with Crippen LogP contribution in [0, 0.1) is 0 Å². The molecule has 0 aromatic rings. The van der Waals surface area contributed by atoms with Crippen molar-refractivity contribution in [2.75, 3.05) is 19.8 Å². The van der Waals surface area contributed by atoms with E-state index >= 15 is 0 Å². The van der Waals surface area contributed by atoms with Crippen LogP contribution in [0.2, 0.25) is 0 Å². The van der Waals surface area contributed by atoms with Crippen molar-refractivity contribution in [3.05, 3.63) is 12.2 Å². The summed E-state index contributed by atoms with van der Waals surface area (Å²) in [4.78, 5) is 0. The van der Waals surface area contributed by atoms with Crippen molar-refractivity contribution in [1.29, 1.82) is 0 Å². The van der Waals surface area contributed by atoms with Gasteiger partial charge in [0.05, 0.1) is 0 Å². The molecule has 0 radical (unpaired) electrons.